The fourth-order valence-electron chi connectivity index (χ4n) is 1.39. The summed E-state index contributed by atoms with van der Waals surface area (Å²) in [6.45, 7) is 10.1. The Labute approximate surface area is 124 Å². The molecule has 0 unspecified atom stereocenters. The van der Waals surface area contributed by atoms with Gasteiger partial charge in [0.25, 0.3) is 0 Å². The Morgan fingerprint density at radius 2 is 1.80 bits per heavy atom. The lowest BCUT2D eigenvalue weighted by molar-refractivity contribution is 0.293. The Balaban J connectivity index is 0. The normalized spacial score (nSPS) is 11.1. The second-order valence-electron chi connectivity index (χ2n) is 4.86. The molecule has 0 aliphatic heterocycles. The highest BCUT2D eigenvalue weighted by molar-refractivity contribution is 5.28. The molecular formula is C17H32FNO. The van der Waals surface area contributed by atoms with Crippen LogP contribution in [0.4, 0.5) is 4.39 Å². The molecule has 0 amide bonds. The maximum absolute atomic E-state index is 12.5. The number of phenols is 1. The first kappa shape index (κ1) is 21.2. The molecule has 1 N–H and O–H groups in total. The van der Waals surface area contributed by atoms with Crippen LogP contribution >= 0.6 is 0 Å². The van der Waals surface area contributed by atoms with Gasteiger partial charge in [0, 0.05) is 6.04 Å². The molecule has 0 saturated heterocycles. The molecule has 0 heterocycles. The number of phenolic OH excluding ortho intramolecular Hbond substituents is 1. The predicted octanol–water partition coefficient (Wildman–Crippen LogP) is 4.99. The molecule has 1 aromatic rings. The number of rotatable bonds is 4. The minimum atomic E-state index is -0.530. The molecule has 118 valence electrons. The minimum Gasteiger partial charge on any atom is -0.505 e. The van der Waals surface area contributed by atoms with E-state index in [2.05, 4.69) is 32.8 Å². The third-order valence-corrected chi connectivity index (χ3v) is 3.03. The van der Waals surface area contributed by atoms with Crippen molar-refractivity contribution in [2.45, 2.75) is 59.9 Å². The Hall–Kier alpha value is -1.09. The highest BCUT2D eigenvalue weighted by Gasteiger charge is 2.01. The summed E-state index contributed by atoms with van der Waals surface area (Å²) < 4.78 is 12.5. The van der Waals surface area contributed by atoms with Gasteiger partial charge in [-0.2, -0.15) is 0 Å². The van der Waals surface area contributed by atoms with Crippen LogP contribution in [0.15, 0.2) is 18.2 Å². The maximum atomic E-state index is 12.5. The summed E-state index contributed by atoms with van der Waals surface area (Å²) in [7, 11) is 4.28. The molecule has 0 saturated carbocycles. The number of aryl methyl sites for hydroxylation is 1. The van der Waals surface area contributed by atoms with Crippen LogP contribution in [-0.4, -0.2) is 30.1 Å². The second-order valence-corrected chi connectivity index (χ2v) is 4.86. The van der Waals surface area contributed by atoms with Crippen LogP contribution < -0.4 is 0 Å². The van der Waals surface area contributed by atoms with Gasteiger partial charge in [0.1, 0.15) is 0 Å². The summed E-state index contributed by atoms with van der Waals surface area (Å²) >= 11 is 0. The highest BCUT2D eigenvalue weighted by atomic mass is 19.1. The summed E-state index contributed by atoms with van der Waals surface area (Å²) in [6.07, 6.45) is 4.01. The predicted molar refractivity (Wildman–Crippen MR) is 86.8 cm³/mol. The van der Waals surface area contributed by atoms with Gasteiger partial charge in [-0.25, -0.2) is 4.39 Å². The van der Waals surface area contributed by atoms with Crippen LogP contribution in [-0.2, 0) is 0 Å². The van der Waals surface area contributed by atoms with Crippen molar-refractivity contribution >= 4 is 0 Å². The van der Waals surface area contributed by atoms with E-state index < -0.39 is 5.82 Å². The summed E-state index contributed by atoms with van der Waals surface area (Å²) in [5, 5.41) is 8.73. The van der Waals surface area contributed by atoms with Gasteiger partial charge >= 0.3 is 0 Å². The molecule has 0 aliphatic rings. The van der Waals surface area contributed by atoms with E-state index >= 15 is 0 Å². The Morgan fingerprint density at radius 1 is 1.25 bits per heavy atom. The van der Waals surface area contributed by atoms with Crippen LogP contribution in [0.3, 0.4) is 0 Å². The van der Waals surface area contributed by atoms with E-state index in [-0.39, 0.29) is 5.75 Å². The summed E-state index contributed by atoms with van der Waals surface area (Å²) in [5.74, 6) is -0.812. The first-order valence-corrected chi connectivity index (χ1v) is 7.50. The third kappa shape index (κ3) is 9.79. The van der Waals surface area contributed by atoms with Crippen molar-refractivity contribution in [2.75, 3.05) is 14.1 Å². The molecule has 20 heavy (non-hydrogen) atoms. The van der Waals surface area contributed by atoms with Gasteiger partial charge < -0.3 is 10.0 Å². The van der Waals surface area contributed by atoms with Gasteiger partial charge in [-0.1, -0.05) is 45.7 Å². The minimum absolute atomic E-state index is 0.282. The number of hydrogen-bond acceptors (Lipinski definition) is 2. The first-order chi connectivity index (χ1) is 9.40. The number of aromatic hydroxyl groups is 1. The van der Waals surface area contributed by atoms with Crippen molar-refractivity contribution in [3.63, 3.8) is 0 Å². The van der Waals surface area contributed by atoms with Crippen molar-refractivity contribution < 1.29 is 9.50 Å². The zero-order valence-corrected chi connectivity index (χ0v) is 14.2. The molecule has 3 heteroatoms. The summed E-state index contributed by atoms with van der Waals surface area (Å²) in [5.41, 5.74) is 0.468. The van der Waals surface area contributed by atoms with Crippen molar-refractivity contribution in [1.82, 2.24) is 4.90 Å². The molecule has 0 aromatic heterocycles. The number of nitrogens with zero attached hydrogens (tertiary/aromatic N) is 1. The van der Waals surface area contributed by atoms with Gasteiger partial charge in [0.2, 0.25) is 0 Å². The number of halogens is 1. The topological polar surface area (TPSA) is 23.5 Å². The SMILES string of the molecule is CC.CCCC[C@H](C)N(C)C.Cc1cccc(O)c1F. The smallest absolute Gasteiger partial charge is 0.167 e. The number of unbranched alkanes of at least 4 members (excludes halogenated alkanes) is 1. The van der Waals surface area contributed by atoms with Crippen molar-refractivity contribution in [2.24, 2.45) is 0 Å². The van der Waals surface area contributed by atoms with Gasteiger partial charge in [0.05, 0.1) is 0 Å². The zero-order chi connectivity index (χ0) is 16.1. The van der Waals surface area contributed by atoms with E-state index in [0.717, 1.165) is 6.04 Å². The quantitative estimate of drug-likeness (QED) is 0.842. The van der Waals surface area contributed by atoms with Gasteiger partial charge in [0.15, 0.2) is 11.6 Å². The Morgan fingerprint density at radius 3 is 2.15 bits per heavy atom. The van der Waals surface area contributed by atoms with E-state index in [4.69, 9.17) is 5.11 Å². The van der Waals surface area contributed by atoms with Crippen LogP contribution in [0.5, 0.6) is 5.75 Å². The fraction of sp³-hybridized carbons (Fsp3) is 0.647. The molecule has 0 spiro atoms. The lowest BCUT2D eigenvalue weighted by Gasteiger charge is -2.18. The Bertz CT molecular complexity index is 320. The maximum Gasteiger partial charge on any atom is 0.167 e. The molecule has 0 fully saturated rings. The monoisotopic (exact) mass is 285 g/mol. The van der Waals surface area contributed by atoms with Crippen LogP contribution in [0.2, 0.25) is 0 Å². The molecule has 1 rings (SSSR count). The van der Waals surface area contributed by atoms with Crippen molar-refractivity contribution in [3.05, 3.63) is 29.6 Å². The molecule has 1 aromatic carbocycles. The average molecular weight is 285 g/mol. The van der Waals surface area contributed by atoms with E-state index in [1.807, 2.05) is 13.8 Å². The largest absolute Gasteiger partial charge is 0.505 e. The first-order valence-electron chi connectivity index (χ1n) is 7.50. The molecule has 0 aliphatic carbocycles. The molecule has 2 nitrogen and oxygen atoms in total. The number of benzene rings is 1. The lowest BCUT2D eigenvalue weighted by Crippen LogP contribution is -2.24. The van der Waals surface area contributed by atoms with Crippen molar-refractivity contribution in [1.29, 1.82) is 0 Å². The Kier molecular flexibility index (Phi) is 13.7. The third-order valence-electron chi connectivity index (χ3n) is 3.03. The number of hydrogen-bond donors (Lipinski definition) is 1. The van der Waals surface area contributed by atoms with Gasteiger partial charge in [-0.15, -0.1) is 0 Å². The van der Waals surface area contributed by atoms with Crippen LogP contribution in [0.25, 0.3) is 0 Å². The lowest BCUT2D eigenvalue weighted by atomic mass is 10.1. The van der Waals surface area contributed by atoms with E-state index in [0.29, 0.717) is 5.56 Å². The fourth-order valence-corrected chi connectivity index (χ4v) is 1.39. The van der Waals surface area contributed by atoms with Crippen LogP contribution in [0, 0.1) is 12.7 Å². The van der Waals surface area contributed by atoms with E-state index in [9.17, 15) is 4.39 Å². The van der Waals surface area contributed by atoms with Crippen LogP contribution in [0.1, 0.15) is 52.5 Å². The van der Waals surface area contributed by atoms with Crippen molar-refractivity contribution in [3.8, 4) is 5.75 Å². The average Bonchev–Trinajstić information content (AvgIpc) is 2.44. The molecule has 0 bridgehead atoms. The van der Waals surface area contributed by atoms with E-state index in [1.54, 1.807) is 19.1 Å². The van der Waals surface area contributed by atoms with Gasteiger partial charge in [-0.3, -0.25) is 0 Å². The highest BCUT2D eigenvalue weighted by Crippen LogP contribution is 2.16. The standard InChI is InChI=1S/C8H19N.C7H7FO.C2H6/c1-5-6-7-8(2)9(3)4;1-5-3-2-4-6(9)7(5)8;1-2/h8H,5-7H2,1-4H3;2-4,9H,1H3;1-2H3/t8-;;/m0../s1. The summed E-state index contributed by atoms with van der Waals surface area (Å²) in [6, 6.07) is 5.29. The van der Waals surface area contributed by atoms with Gasteiger partial charge in [-0.05, 0) is 46.0 Å². The molecule has 0 radical (unpaired) electrons. The van der Waals surface area contributed by atoms with E-state index in [1.165, 1.54) is 25.3 Å². The summed E-state index contributed by atoms with van der Waals surface area (Å²) in [4.78, 5) is 2.27. The molecular weight excluding hydrogens is 253 g/mol. The zero-order valence-electron chi connectivity index (χ0n) is 14.2. The molecule has 1 atom stereocenters. The second kappa shape index (κ2) is 12.9.